The Bertz CT molecular complexity index is 1070. The van der Waals surface area contributed by atoms with Gasteiger partial charge in [0.15, 0.2) is 0 Å². The standard InChI is InChI=1S/C24H19I/c1-24(2)22-9-4-3-6-20(22)21-8-5-7-19(23(21)24)17-11-10-16-12-13-25-15-18(16)14-17/h3-15H,1-2H3. The third kappa shape index (κ3) is 2.22. The highest BCUT2D eigenvalue weighted by Gasteiger charge is 2.37. The van der Waals surface area contributed by atoms with E-state index in [1.54, 1.807) is 0 Å². The van der Waals surface area contributed by atoms with Crippen molar-refractivity contribution in [2.75, 3.05) is 0 Å². The Balaban J connectivity index is 1.77. The first-order chi connectivity index (χ1) is 12.2. The van der Waals surface area contributed by atoms with Crippen LogP contribution in [-0.2, 0) is 5.41 Å². The number of halogens is 1. The fourth-order valence-corrected chi connectivity index (χ4v) is 6.01. The van der Waals surface area contributed by atoms with Crippen LogP contribution in [-0.4, -0.2) is 4.01 Å². The lowest BCUT2D eigenvalue weighted by molar-refractivity contribution is 0.662. The molecule has 5 rings (SSSR count). The van der Waals surface area contributed by atoms with Crippen LogP contribution in [0, 0.1) is 0 Å². The molecular formula is C24H19I. The van der Waals surface area contributed by atoms with E-state index in [9.17, 15) is 0 Å². The summed E-state index contributed by atoms with van der Waals surface area (Å²) in [6.45, 7) is 4.72. The summed E-state index contributed by atoms with van der Waals surface area (Å²) in [6.07, 6.45) is 2.28. The second-order valence-electron chi connectivity index (χ2n) is 7.27. The van der Waals surface area contributed by atoms with Gasteiger partial charge in [-0.05, 0) is 64.7 Å². The van der Waals surface area contributed by atoms with Crippen LogP contribution < -0.4 is 0 Å². The van der Waals surface area contributed by atoms with Gasteiger partial charge in [0.2, 0.25) is 0 Å². The predicted octanol–water partition coefficient (Wildman–Crippen LogP) is 6.77. The third-order valence-electron chi connectivity index (χ3n) is 5.47. The lowest BCUT2D eigenvalue weighted by atomic mass is 9.78. The molecule has 2 aliphatic rings. The number of benzene rings is 3. The van der Waals surface area contributed by atoms with Gasteiger partial charge in [0.05, 0.1) is 0 Å². The van der Waals surface area contributed by atoms with Crippen molar-refractivity contribution in [1.82, 2.24) is 0 Å². The molecule has 0 unspecified atom stereocenters. The van der Waals surface area contributed by atoms with Crippen molar-refractivity contribution in [3.63, 3.8) is 0 Å². The van der Waals surface area contributed by atoms with Gasteiger partial charge >= 0.3 is 0 Å². The highest BCUT2D eigenvalue weighted by Crippen LogP contribution is 2.52. The van der Waals surface area contributed by atoms with Crippen molar-refractivity contribution in [1.29, 1.82) is 0 Å². The van der Waals surface area contributed by atoms with Crippen LogP contribution in [0.15, 0.2) is 64.7 Å². The molecule has 0 amide bonds. The summed E-state index contributed by atoms with van der Waals surface area (Å²) in [5, 5.41) is 0. The minimum absolute atomic E-state index is 0.0367. The molecule has 0 nitrogen and oxygen atoms in total. The van der Waals surface area contributed by atoms with Crippen molar-refractivity contribution in [3.05, 3.63) is 87.0 Å². The van der Waals surface area contributed by atoms with E-state index in [4.69, 9.17) is 0 Å². The summed E-state index contributed by atoms with van der Waals surface area (Å²) in [4.78, 5) is 0. The first-order valence-corrected chi connectivity index (χ1v) is 11.1. The van der Waals surface area contributed by atoms with Crippen molar-refractivity contribution < 1.29 is 0 Å². The van der Waals surface area contributed by atoms with E-state index in [0.717, 1.165) is 0 Å². The van der Waals surface area contributed by atoms with E-state index >= 15 is 0 Å². The Hall–Kier alpha value is -2.00. The fourth-order valence-electron chi connectivity index (χ4n) is 4.29. The lowest BCUT2D eigenvalue weighted by Crippen LogP contribution is -2.16. The molecule has 0 radical (unpaired) electrons. The average molecular weight is 434 g/mol. The molecule has 0 fully saturated rings. The molecule has 0 saturated heterocycles. The highest BCUT2D eigenvalue weighted by atomic mass is 127. The topological polar surface area (TPSA) is 0 Å². The molecular weight excluding hydrogens is 415 g/mol. The molecule has 1 aliphatic carbocycles. The molecule has 122 valence electrons. The third-order valence-corrected chi connectivity index (χ3v) is 7.28. The van der Waals surface area contributed by atoms with E-state index < -0.39 is 0 Å². The molecule has 1 heteroatoms. The smallest absolute Gasteiger partial charge is 0.0165 e. The Morgan fingerprint density at radius 3 is 2.48 bits per heavy atom. The molecule has 0 aromatic heterocycles. The zero-order chi connectivity index (χ0) is 17.0. The van der Waals surface area contributed by atoms with Gasteiger partial charge in [-0.1, -0.05) is 89.2 Å². The lowest BCUT2D eigenvalue weighted by Gasteiger charge is -2.24. The van der Waals surface area contributed by atoms with Crippen LogP contribution in [0.1, 0.15) is 36.1 Å². The minimum atomic E-state index is 0.0367. The van der Waals surface area contributed by atoms with Crippen LogP contribution in [0.25, 0.3) is 28.3 Å². The largest absolute Gasteiger partial charge is 0.0931 e. The number of fused-ring (bicyclic) bond motifs is 4. The molecule has 1 heterocycles. The second-order valence-corrected chi connectivity index (χ2v) is 9.33. The number of hydrogen-bond acceptors (Lipinski definition) is 0. The molecule has 3 aromatic carbocycles. The quantitative estimate of drug-likeness (QED) is 0.371. The zero-order valence-corrected chi connectivity index (χ0v) is 16.5. The molecule has 3 aromatic rings. The van der Waals surface area contributed by atoms with Gasteiger partial charge in [-0.3, -0.25) is 0 Å². The van der Waals surface area contributed by atoms with Gasteiger partial charge in [-0.15, -0.1) is 0 Å². The van der Waals surface area contributed by atoms with E-state index in [1.165, 1.54) is 44.5 Å². The van der Waals surface area contributed by atoms with Gasteiger partial charge in [-0.2, -0.15) is 0 Å². The average Bonchev–Trinajstić information content (AvgIpc) is 2.90. The Kier molecular flexibility index (Phi) is 3.36. The minimum Gasteiger partial charge on any atom is -0.0931 e. The Morgan fingerprint density at radius 2 is 1.56 bits per heavy atom. The highest BCUT2D eigenvalue weighted by molar-refractivity contribution is 14.2. The first-order valence-electron chi connectivity index (χ1n) is 8.66. The van der Waals surface area contributed by atoms with Gasteiger partial charge in [0, 0.05) is 5.41 Å². The molecule has 0 spiro atoms. The molecule has 0 saturated carbocycles. The maximum absolute atomic E-state index is 2.43. The first kappa shape index (κ1) is 15.3. The number of rotatable bonds is 1. The molecule has 0 N–H and O–H groups in total. The van der Waals surface area contributed by atoms with Crippen LogP contribution in [0.2, 0.25) is 0 Å². The monoisotopic (exact) mass is 434 g/mol. The van der Waals surface area contributed by atoms with Gasteiger partial charge < -0.3 is 0 Å². The van der Waals surface area contributed by atoms with E-state index in [-0.39, 0.29) is 26.1 Å². The van der Waals surface area contributed by atoms with E-state index in [0.29, 0.717) is 0 Å². The Labute approximate surface area is 159 Å². The Morgan fingerprint density at radius 1 is 0.760 bits per heavy atom. The zero-order valence-electron chi connectivity index (χ0n) is 14.4. The molecule has 1 aliphatic heterocycles. The maximum atomic E-state index is 2.43. The summed E-state index contributed by atoms with van der Waals surface area (Å²) in [5.41, 5.74) is 11.2. The maximum Gasteiger partial charge on any atom is 0.0165 e. The van der Waals surface area contributed by atoms with Crippen molar-refractivity contribution in [3.8, 4) is 22.3 Å². The summed E-state index contributed by atoms with van der Waals surface area (Å²) in [7, 11) is 0. The van der Waals surface area contributed by atoms with Crippen molar-refractivity contribution in [2.45, 2.75) is 19.3 Å². The summed E-state index contributed by atoms with van der Waals surface area (Å²) in [6, 6.07) is 22.6. The molecule has 25 heavy (non-hydrogen) atoms. The molecule has 0 atom stereocenters. The van der Waals surface area contributed by atoms with E-state index in [2.05, 4.69) is 88.7 Å². The van der Waals surface area contributed by atoms with Crippen LogP contribution >= 0.6 is 20.7 Å². The van der Waals surface area contributed by atoms with Crippen LogP contribution in [0.3, 0.4) is 0 Å². The van der Waals surface area contributed by atoms with Crippen LogP contribution in [0.5, 0.6) is 0 Å². The fraction of sp³-hybridized carbons (Fsp3) is 0.125. The summed E-state index contributed by atoms with van der Waals surface area (Å²) < 4.78 is 4.77. The van der Waals surface area contributed by atoms with Gasteiger partial charge in [0.1, 0.15) is 0 Å². The van der Waals surface area contributed by atoms with Crippen LogP contribution in [0.4, 0.5) is 0 Å². The SMILES string of the molecule is CC1(C)c2ccccc2-c2cccc(-c3ccc4c(c3)C=IC=C4)c21. The van der Waals surface area contributed by atoms with Gasteiger partial charge in [-0.25, -0.2) is 0 Å². The van der Waals surface area contributed by atoms with E-state index in [1.807, 2.05) is 0 Å². The van der Waals surface area contributed by atoms with Gasteiger partial charge in [0.25, 0.3) is 0 Å². The normalized spacial score (nSPS) is 15.9. The summed E-state index contributed by atoms with van der Waals surface area (Å²) >= 11 is 0.0738. The van der Waals surface area contributed by atoms with Crippen molar-refractivity contribution in [2.24, 2.45) is 0 Å². The molecule has 0 bridgehead atoms. The predicted molar refractivity (Wildman–Crippen MR) is 118 cm³/mol. The van der Waals surface area contributed by atoms with Crippen molar-refractivity contribution >= 4 is 30.8 Å². The number of hydrogen-bond donors (Lipinski definition) is 0. The second kappa shape index (κ2) is 5.50. The summed E-state index contributed by atoms with van der Waals surface area (Å²) in [5.74, 6) is 0.